The Kier molecular flexibility index (Phi) is 6.28. The number of ketones is 1. The standard InChI is InChI=1S/C21H28FNO2/c1-14(2)10-21(5,13-25-15(3)4)11-19(24)17-9-16-7-6-8-18(22)20(16)23-12-17/h6-9,12,14-15H,10-11,13H2,1-5H3. The summed E-state index contributed by atoms with van der Waals surface area (Å²) in [6.45, 7) is 10.9. The molecule has 3 nitrogen and oxygen atoms in total. The van der Waals surface area contributed by atoms with E-state index in [1.165, 1.54) is 12.3 Å². The van der Waals surface area contributed by atoms with Crippen LogP contribution in [0.5, 0.6) is 0 Å². The highest BCUT2D eigenvalue weighted by atomic mass is 19.1. The summed E-state index contributed by atoms with van der Waals surface area (Å²) < 4.78 is 19.6. The van der Waals surface area contributed by atoms with E-state index in [0.29, 0.717) is 35.4 Å². The van der Waals surface area contributed by atoms with Crippen molar-refractivity contribution in [1.82, 2.24) is 4.98 Å². The lowest BCUT2D eigenvalue weighted by molar-refractivity contribution is 0.00305. The van der Waals surface area contributed by atoms with E-state index < -0.39 is 0 Å². The molecule has 1 atom stereocenters. The Morgan fingerprint density at radius 3 is 2.64 bits per heavy atom. The Morgan fingerprint density at radius 1 is 1.28 bits per heavy atom. The SMILES string of the molecule is CC(C)CC(C)(COC(C)C)CC(=O)c1cnc2c(F)cccc2c1. The van der Waals surface area contributed by atoms with Gasteiger partial charge in [0.25, 0.3) is 0 Å². The molecule has 0 saturated carbocycles. The molecule has 0 radical (unpaired) electrons. The first-order chi connectivity index (χ1) is 11.7. The van der Waals surface area contributed by atoms with E-state index in [1.807, 2.05) is 13.8 Å². The molecule has 0 aliphatic heterocycles. The summed E-state index contributed by atoms with van der Waals surface area (Å²) in [4.78, 5) is 17.0. The maximum absolute atomic E-state index is 13.7. The second-order valence-electron chi connectivity index (χ2n) is 7.90. The fourth-order valence-electron chi connectivity index (χ4n) is 3.30. The number of ether oxygens (including phenoxy) is 1. The number of hydrogen-bond acceptors (Lipinski definition) is 3. The number of benzene rings is 1. The van der Waals surface area contributed by atoms with Crippen LogP contribution in [0.25, 0.3) is 10.9 Å². The van der Waals surface area contributed by atoms with Crippen molar-refractivity contribution in [3.8, 4) is 0 Å². The summed E-state index contributed by atoms with van der Waals surface area (Å²) in [5.74, 6) is 0.123. The van der Waals surface area contributed by atoms with Crippen LogP contribution in [0.3, 0.4) is 0 Å². The van der Waals surface area contributed by atoms with Crippen LogP contribution in [0.2, 0.25) is 0 Å². The van der Waals surface area contributed by atoms with Crippen LogP contribution in [0.4, 0.5) is 4.39 Å². The molecule has 0 bridgehead atoms. The molecule has 0 fully saturated rings. The molecular weight excluding hydrogens is 317 g/mol. The van der Waals surface area contributed by atoms with Crippen LogP contribution in [0.1, 0.15) is 57.8 Å². The van der Waals surface area contributed by atoms with E-state index in [1.54, 1.807) is 18.2 Å². The van der Waals surface area contributed by atoms with E-state index in [-0.39, 0.29) is 23.1 Å². The summed E-state index contributed by atoms with van der Waals surface area (Å²) >= 11 is 0. The minimum absolute atomic E-state index is 0.0224. The van der Waals surface area contributed by atoms with Crippen molar-refractivity contribution in [1.29, 1.82) is 0 Å². The van der Waals surface area contributed by atoms with Gasteiger partial charge >= 0.3 is 0 Å². The van der Waals surface area contributed by atoms with Gasteiger partial charge in [-0.2, -0.15) is 0 Å². The molecule has 0 aliphatic rings. The highest BCUT2D eigenvalue weighted by Crippen LogP contribution is 2.32. The van der Waals surface area contributed by atoms with Gasteiger partial charge in [-0.1, -0.05) is 32.9 Å². The van der Waals surface area contributed by atoms with Crippen LogP contribution in [0.15, 0.2) is 30.5 Å². The second kappa shape index (κ2) is 8.05. The molecule has 1 aromatic heterocycles. The van der Waals surface area contributed by atoms with Gasteiger partial charge in [0.05, 0.1) is 12.7 Å². The van der Waals surface area contributed by atoms with E-state index >= 15 is 0 Å². The average molecular weight is 345 g/mol. The number of fused-ring (bicyclic) bond motifs is 1. The van der Waals surface area contributed by atoms with E-state index in [2.05, 4.69) is 25.8 Å². The molecule has 2 rings (SSSR count). The Labute approximate surface area is 149 Å². The lowest BCUT2D eigenvalue weighted by Gasteiger charge is -2.31. The van der Waals surface area contributed by atoms with E-state index in [0.717, 1.165) is 6.42 Å². The maximum atomic E-state index is 13.7. The maximum Gasteiger partial charge on any atom is 0.165 e. The number of nitrogens with zero attached hydrogens (tertiary/aromatic N) is 1. The number of para-hydroxylation sites is 1. The molecule has 0 N–H and O–H groups in total. The Balaban J connectivity index is 2.22. The summed E-state index contributed by atoms with van der Waals surface area (Å²) in [6, 6.07) is 6.51. The number of hydrogen-bond donors (Lipinski definition) is 0. The number of carbonyl (C=O) groups excluding carboxylic acids is 1. The number of carbonyl (C=O) groups is 1. The normalized spacial score (nSPS) is 14.2. The van der Waals surface area contributed by atoms with Gasteiger partial charge < -0.3 is 4.74 Å². The minimum atomic E-state index is -0.369. The number of rotatable bonds is 8. The molecule has 0 amide bonds. The Hall–Kier alpha value is -1.81. The van der Waals surface area contributed by atoms with Gasteiger partial charge in [0.2, 0.25) is 0 Å². The molecule has 0 aliphatic carbocycles. The number of pyridine rings is 1. The van der Waals surface area contributed by atoms with E-state index in [9.17, 15) is 9.18 Å². The van der Waals surface area contributed by atoms with Crippen LogP contribution in [-0.4, -0.2) is 23.5 Å². The molecule has 4 heteroatoms. The number of halogens is 1. The molecule has 25 heavy (non-hydrogen) atoms. The van der Waals surface area contributed by atoms with Crippen molar-refractivity contribution in [3.63, 3.8) is 0 Å². The van der Waals surface area contributed by atoms with Gasteiger partial charge in [-0.3, -0.25) is 9.78 Å². The highest BCUT2D eigenvalue weighted by Gasteiger charge is 2.30. The number of Topliss-reactive ketones (excluding diaryl/α,β-unsaturated/α-hetero) is 1. The summed E-state index contributed by atoms with van der Waals surface area (Å²) in [5, 5.41) is 0.648. The van der Waals surface area contributed by atoms with Crippen LogP contribution < -0.4 is 0 Å². The Morgan fingerprint density at radius 2 is 2.00 bits per heavy atom. The topological polar surface area (TPSA) is 39.2 Å². The third-order valence-electron chi connectivity index (χ3n) is 4.24. The second-order valence-corrected chi connectivity index (χ2v) is 7.90. The zero-order valence-corrected chi connectivity index (χ0v) is 15.8. The molecule has 136 valence electrons. The lowest BCUT2D eigenvalue weighted by atomic mass is 9.77. The van der Waals surface area contributed by atoms with Crippen LogP contribution >= 0.6 is 0 Å². The van der Waals surface area contributed by atoms with Gasteiger partial charge in [0.15, 0.2) is 5.78 Å². The van der Waals surface area contributed by atoms with Crippen molar-refractivity contribution in [3.05, 3.63) is 41.8 Å². The smallest absolute Gasteiger partial charge is 0.165 e. The first kappa shape index (κ1) is 19.5. The molecule has 1 heterocycles. The molecular formula is C21H28FNO2. The average Bonchev–Trinajstić information content (AvgIpc) is 2.52. The zero-order valence-electron chi connectivity index (χ0n) is 15.8. The third kappa shape index (κ3) is 5.33. The molecule has 1 unspecified atom stereocenters. The van der Waals surface area contributed by atoms with Crippen molar-refractivity contribution in [2.75, 3.05) is 6.61 Å². The van der Waals surface area contributed by atoms with Crippen molar-refractivity contribution < 1.29 is 13.9 Å². The predicted octanol–water partition coefficient (Wildman–Crippen LogP) is 5.42. The van der Waals surface area contributed by atoms with Gasteiger partial charge in [0.1, 0.15) is 11.3 Å². The number of aromatic nitrogens is 1. The molecule has 1 aromatic carbocycles. The van der Waals surface area contributed by atoms with Crippen LogP contribution in [-0.2, 0) is 4.74 Å². The first-order valence-electron chi connectivity index (χ1n) is 8.89. The summed E-state index contributed by atoms with van der Waals surface area (Å²) in [7, 11) is 0. The largest absolute Gasteiger partial charge is 0.378 e. The monoisotopic (exact) mass is 345 g/mol. The summed E-state index contributed by atoms with van der Waals surface area (Å²) in [5.41, 5.74) is 0.594. The van der Waals surface area contributed by atoms with Gasteiger partial charge in [-0.15, -0.1) is 0 Å². The van der Waals surface area contributed by atoms with Crippen molar-refractivity contribution >= 4 is 16.7 Å². The summed E-state index contributed by atoms with van der Waals surface area (Å²) in [6.07, 6.45) is 2.90. The molecule has 0 saturated heterocycles. The predicted molar refractivity (Wildman–Crippen MR) is 99.3 cm³/mol. The highest BCUT2D eigenvalue weighted by molar-refractivity contribution is 5.99. The fourth-order valence-corrected chi connectivity index (χ4v) is 3.30. The van der Waals surface area contributed by atoms with Crippen LogP contribution in [0, 0.1) is 17.2 Å². The van der Waals surface area contributed by atoms with E-state index in [4.69, 9.17) is 4.74 Å². The van der Waals surface area contributed by atoms with Gasteiger partial charge in [-0.25, -0.2) is 4.39 Å². The quantitative estimate of drug-likeness (QED) is 0.599. The lowest BCUT2D eigenvalue weighted by Crippen LogP contribution is -2.30. The van der Waals surface area contributed by atoms with Crippen molar-refractivity contribution in [2.45, 2.75) is 53.6 Å². The minimum Gasteiger partial charge on any atom is -0.378 e. The fraction of sp³-hybridized carbons (Fsp3) is 0.524. The molecule has 0 spiro atoms. The molecule has 2 aromatic rings. The first-order valence-corrected chi connectivity index (χ1v) is 8.89. The van der Waals surface area contributed by atoms with Gasteiger partial charge in [0, 0.05) is 23.6 Å². The zero-order chi connectivity index (χ0) is 18.6. The van der Waals surface area contributed by atoms with Gasteiger partial charge in [-0.05, 0) is 43.7 Å². The van der Waals surface area contributed by atoms with Crippen molar-refractivity contribution in [2.24, 2.45) is 11.3 Å². The Bertz CT molecular complexity index is 742. The third-order valence-corrected chi connectivity index (χ3v) is 4.24.